The van der Waals surface area contributed by atoms with E-state index in [0.717, 1.165) is 20.4 Å². The summed E-state index contributed by atoms with van der Waals surface area (Å²) >= 11 is 8.21. The van der Waals surface area contributed by atoms with Crippen LogP contribution in [0.15, 0.2) is 42.5 Å². The lowest BCUT2D eigenvalue weighted by Gasteiger charge is -2.12. The Labute approximate surface area is 125 Å². The molecule has 0 saturated heterocycles. The van der Waals surface area contributed by atoms with Crippen LogP contribution in [-0.4, -0.2) is 12.2 Å². The topological polar surface area (TPSA) is 29.5 Å². The molecule has 1 atom stereocenters. The highest BCUT2D eigenvalue weighted by Crippen LogP contribution is 2.28. The van der Waals surface area contributed by atoms with Crippen LogP contribution in [0.25, 0.3) is 0 Å². The molecule has 0 aliphatic rings. The summed E-state index contributed by atoms with van der Waals surface area (Å²) in [5.74, 6) is 0.770. The highest BCUT2D eigenvalue weighted by Gasteiger charge is 2.11. The summed E-state index contributed by atoms with van der Waals surface area (Å²) in [6.45, 7) is 0. The molecule has 2 aromatic carbocycles. The number of hydrogen-bond donors (Lipinski definition) is 1. The summed E-state index contributed by atoms with van der Waals surface area (Å²) in [5, 5.41) is 10.9. The Bertz CT molecular complexity index is 540. The molecule has 2 rings (SSSR count). The molecule has 0 amide bonds. The maximum atomic E-state index is 10.3. The largest absolute Gasteiger partial charge is 0.497 e. The van der Waals surface area contributed by atoms with Gasteiger partial charge >= 0.3 is 0 Å². The van der Waals surface area contributed by atoms with E-state index in [1.165, 1.54) is 0 Å². The zero-order valence-electron chi connectivity index (χ0n) is 9.73. The van der Waals surface area contributed by atoms with Crippen molar-refractivity contribution < 1.29 is 9.84 Å². The van der Waals surface area contributed by atoms with Crippen LogP contribution < -0.4 is 4.74 Å². The van der Waals surface area contributed by atoms with Gasteiger partial charge in [0.2, 0.25) is 0 Å². The fraction of sp³-hybridized carbons (Fsp3) is 0.143. The van der Waals surface area contributed by atoms with Crippen LogP contribution in [0.4, 0.5) is 0 Å². The number of hydrogen-bond acceptors (Lipinski definition) is 2. The first-order chi connectivity index (χ1) is 8.61. The molecule has 1 unspecified atom stereocenters. The van der Waals surface area contributed by atoms with E-state index in [2.05, 4.69) is 22.6 Å². The number of benzene rings is 2. The third kappa shape index (κ3) is 2.96. The minimum Gasteiger partial charge on any atom is -0.497 e. The molecule has 2 nitrogen and oxygen atoms in total. The Morgan fingerprint density at radius 1 is 1.11 bits per heavy atom. The third-order valence-corrected chi connectivity index (χ3v) is 4.26. The second-order valence-electron chi connectivity index (χ2n) is 3.85. The zero-order valence-corrected chi connectivity index (χ0v) is 12.6. The van der Waals surface area contributed by atoms with Crippen LogP contribution in [0, 0.1) is 3.57 Å². The van der Waals surface area contributed by atoms with Crippen molar-refractivity contribution in [1.82, 2.24) is 0 Å². The van der Waals surface area contributed by atoms with Gasteiger partial charge in [0.25, 0.3) is 0 Å². The molecule has 0 bridgehead atoms. The molecule has 2 aromatic rings. The van der Waals surface area contributed by atoms with Crippen molar-refractivity contribution in [3.8, 4) is 5.75 Å². The van der Waals surface area contributed by atoms with E-state index in [9.17, 15) is 5.11 Å². The van der Waals surface area contributed by atoms with Crippen molar-refractivity contribution in [2.75, 3.05) is 7.11 Å². The summed E-state index contributed by atoms with van der Waals surface area (Å²) in [6, 6.07) is 12.9. The van der Waals surface area contributed by atoms with Crippen LogP contribution in [0.1, 0.15) is 17.2 Å². The first-order valence-electron chi connectivity index (χ1n) is 5.39. The third-order valence-electron chi connectivity index (χ3n) is 2.69. The van der Waals surface area contributed by atoms with Crippen LogP contribution in [0.5, 0.6) is 5.75 Å². The molecule has 18 heavy (non-hydrogen) atoms. The summed E-state index contributed by atoms with van der Waals surface area (Å²) in [7, 11) is 1.62. The van der Waals surface area contributed by atoms with Gasteiger partial charge in [0.15, 0.2) is 0 Å². The van der Waals surface area contributed by atoms with Gasteiger partial charge in [0.05, 0.1) is 12.1 Å². The molecule has 0 aliphatic carbocycles. The highest BCUT2D eigenvalue weighted by atomic mass is 127. The van der Waals surface area contributed by atoms with E-state index in [4.69, 9.17) is 16.3 Å². The first kappa shape index (κ1) is 13.6. The number of rotatable bonds is 3. The SMILES string of the molecule is COc1ccc(C(O)c2ccc(I)c(Cl)c2)cc1. The Morgan fingerprint density at radius 2 is 1.72 bits per heavy atom. The molecular formula is C14H12ClIO2. The molecule has 0 spiro atoms. The normalized spacial score (nSPS) is 12.2. The van der Waals surface area contributed by atoms with Gasteiger partial charge in [-0.05, 0) is 58.0 Å². The molecule has 94 valence electrons. The summed E-state index contributed by atoms with van der Waals surface area (Å²) in [6.07, 6.45) is -0.676. The van der Waals surface area contributed by atoms with Crippen molar-refractivity contribution in [2.24, 2.45) is 0 Å². The van der Waals surface area contributed by atoms with Gasteiger partial charge in [-0.2, -0.15) is 0 Å². The molecule has 0 heterocycles. The maximum Gasteiger partial charge on any atom is 0.118 e. The predicted molar refractivity (Wildman–Crippen MR) is 81.2 cm³/mol. The first-order valence-corrected chi connectivity index (χ1v) is 6.84. The summed E-state index contributed by atoms with van der Waals surface area (Å²) in [5.41, 5.74) is 1.60. The van der Waals surface area contributed by atoms with E-state index in [1.807, 2.05) is 36.4 Å². The monoisotopic (exact) mass is 374 g/mol. The minimum absolute atomic E-state index is 0.653. The molecule has 4 heteroatoms. The molecule has 1 N–H and O–H groups in total. The van der Waals surface area contributed by atoms with E-state index in [-0.39, 0.29) is 0 Å². The summed E-state index contributed by atoms with van der Waals surface area (Å²) < 4.78 is 6.06. The number of ether oxygens (including phenoxy) is 1. The lowest BCUT2D eigenvalue weighted by Crippen LogP contribution is -1.99. The van der Waals surface area contributed by atoms with Crippen LogP contribution in [0.2, 0.25) is 5.02 Å². The van der Waals surface area contributed by atoms with Crippen molar-refractivity contribution in [3.63, 3.8) is 0 Å². The second-order valence-corrected chi connectivity index (χ2v) is 5.42. The average molecular weight is 375 g/mol. The van der Waals surface area contributed by atoms with Gasteiger partial charge in [0, 0.05) is 3.57 Å². The van der Waals surface area contributed by atoms with Gasteiger partial charge in [-0.25, -0.2) is 0 Å². The molecular weight excluding hydrogens is 363 g/mol. The van der Waals surface area contributed by atoms with E-state index < -0.39 is 6.10 Å². The molecule has 0 radical (unpaired) electrons. The zero-order chi connectivity index (χ0) is 13.1. The predicted octanol–water partition coefficient (Wildman–Crippen LogP) is 4.03. The lowest BCUT2D eigenvalue weighted by molar-refractivity contribution is 0.220. The Balaban J connectivity index is 2.28. The van der Waals surface area contributed by atoms with Gasteiger partial charge in [-0.15, -0.1) is 0 Å². The van der Waals surface area contributed by atoms with Gasteiger partial charge in [-0.3, -0.25) is 0 Å². The van der Waals surface area contributed by atoms with Crippen LogP contribution >= 0.6 is 34.2 Å². The summed E-state index contributed by atoms with van der Waals surface area (Å²) in [4.78, 5) is 0. The Kier molecular flexibility index (Phi) is 4.48. The van der Waals surface area contributed by atoms with E-state index >= 15 is 0 Å². The Hall–Kier alpha value is -0.780. The van der Waals surface area contributed by atoms with Crippen molar-refractivity contribution in [3.05, 3.63) is 62.2 Å². The standard InChI is InChI=1S/C14H12ClIO2/c1-18-11-5-2-9(3-6-11)14(17)10-4-7-13(16)12(15)8-10/h2-8,14,17H,1H3. The quantitative estimate of drug-likeness (QED) is 0.822. The fourth-order valence-electron chi connectivity index (χ4n) is 1.66. The molecule has 0 aliphatic heterocycles. The lowest BCUT2D eigenvalue weighted by atomic mass is 10.0. The van der Waals surface area contributed by atoms with Crippen LogP contribution in [0.3, 0.4) is 0 Å². The number of aliphatic hydroxyl groups excluding tert-OH is 1. The smallest absolute Gasteiger partial charge is 0.118 e. The van der Waals surface area contributed by atoms with Gasteiger partial charge in [-0.1, -0.05) is 29.8 Å². The van der Waals surface area contributed by atoms with E-state index in [0.29, 0.717) is 5.02 Å². The van der Waals surface area contributed by atoms with Crippen LogP contribution in [-0.2, 0) is 0 Å². The Morgan fingerprint density at radius 3 is 2.28 bits per heavy atom. The van der Waals surface area contributed by atoms with Gasteiger partial charge < -0.3 is 9.84 Å². The molecule has 0 saturated carbocycles. The van der Waals surface area contributed by atoms with Crippen molar-refractivity contribution >= 4 is 34.2 Å². The average Bonchev–Trinajstić information content (AvgIpc) is 2.41. The van der Waals surface area contributed by atoms with Crippen molar-refractivity contribution in [1.29, 1.82) is 0 Å². The number of methoxy groups -OCH3 is 1. The molecule has 0 fully saturated rings. The minimum atomic E-state index is -0.676. The second kappa shape index (κ2) is 5.91. The van der Waals surface area contributed by atoms with Crippen molar-refractivity contribution in [2.45, 2.75) is 6.10 Å². The number of aliphatic hydroxyl groups is 1. The maximum absolute atomic E-state index is 10.3. The fourth-order valence-corrected chi connectivity index (χ4v) is 2.19. The number of halogens is 2. The van der Waals surface area contributed by atoms with E-state index in [1.54, 1.807) is 13.2 Å². The highest BCUT2D eigenvalue weighted by molar-refractivity contribution is 14.1. The molecule has 0 aromatic heterocycles. The van der Waals surface area contributed by atoms with Gasteiger partial charge in [0.1, 0.15) is 11.9 Å².